The number of benzene rings is 1. The van der Waals surface area contributed by atoms with E-state index in [1.54, 1.807) is 12.1 Å². The maximum Gasteiger partial charge on any atom is 0.337 e. The highest BCUT2D eigenvalue weighted by atomic mass is 35.5. The average Bonchev–Trinajstić information content (AvgIpc) is 2.50. The van der Waals surface area contributed by atoms with E-state index < -0.39 is 24.0 Å². The molecule has 0 amide bonds. The number of aliphatic hydroxyl groups is 1. The summed E-state index contributed by atoms with van der Waals surface area (Å²) in [5, 5.41) is 28.6. The van der Waals surface area contributed by atoms with Crippen LogP contribution in [0.1, 0.15) is 31.2 Å². The molecule has 0 saturated heterocycles. The Balaban J connectivity index is 2.26. The minimum absolute atomic E-state index is 0.148. The molecular weight excluding hydrogens is 387 g/mol. The molecule has 3 N–H and O–H groups in total. The Morgan fingerprint density at radius 1 is 1.20 bits per heavy atom. The summed E-state index contributed by atoms with van der Waals surface area (Å²) in [4.78, 5) is 21.6. The zero-order valence-electron chi connectivity index (χ0n) is 13.5. The van der Waals surface area contributed by atoms with Gasteiger partial charge in [-0.15, -0.1) is 0 Å². The van der Waals surface area contributed by atoms with Gasteiger partial charge in [0.2, 0.25) is 0 Å². The van der Waals surface area contributed by atoms with Crippen molar-refractivity contribution in [3.8, 4) is 0 Å². The molecule has 1 atom stereocenters. The van der Waals surface area contributed by atoms with Crippen molar-refractivity contribution >= 4 is 53.0 Å². The molecule has 0 aliphatic carbocycles. The monoisotopic (exact) mass is 406 g/mol. The Hall–Kier alpha value is -1.21. The maximum absolute atomic E-state index is 11.0. The fraction of sp³-hybridized carbons (Fsp3) is 0.412. The van der Waals surface area contributed by atoms with Gasteiger partial charge in [0.05, 0.1) is 6.42 Å². The molecule has 138 valence electrons. The summed E-state index contributed by atoms with van der Waals surface area (Å²) in [5.41, 5.74) is -1.33. The lowest BCUT2D eigenvalue weighted by Crippen LogP contribution is -2.43. The van der Waals surface area contributed by atoms with Crippen molar-refractivity contribution in [2.45, 2.75) is 31.3 Å². The number of aliphatic carboxylic acids is 2. The predicted octanol–water partition coefficient (Wildman–Crippen LogP) is 4.20. The normalized spacial score (nSPS) is 13.7. The molecule has 1 aromatic rings. The van der Waals surface area contributed by atoms with Crippen LogP contribution in [0, 0.1) is 0 Å². The summed E-state index contributed by atoms with van der Waals surface area (Å²) in [5.74, 6) is -2.35. The molecule has 0 spiro atoms. The highest BCUT2D eigenvalue weighted by Crippen LogP contribution is 2.23. The van der Waals surface area contributed by atoms with Crippen LogP contribution in [0.4, 0.5) is 0 Å². The topological polar surface area (TPSA) is 94.8 Å². The first-order valence-electron chi connectivity index (χ1n) is 7.61. The van der Waals surface area contributed by atoms with Gasteiger partial charge >= 0.3 is 11.9 Å². The van der Waals surface area contributed by atoms with E-state index in [2.05, 4.69) is 0 Å². The Morgan fingerprint density at radius 3 is 2.52 bits per heavy atom. The molecule has 0 saturated carbocycles. The van der Waals surface area contributed by atoms with Crippen LogP contribution in [0.5, 0.6) is 0 Å². The molecule has 0 bridgehead atoms. The number of allylic oxidation sites excluding steroid dienone is 1. The first kappa shape index (κ1) is 21.8. The smallest absolute Gasteiger partial charge is 0.337 e. The largest absolute Gasteiger partial charge is 0.481 e. The first-order valence-corrected chi connectivity index (χ1v) is 9.52. The second-order valence-electron chi connectivity index (χ2n) is 5.52. The Bertz CT molecular complexity index is 635. The van der Waals surface area contributed by atoms with E-state index in [1.165, 1.54) is 11.8 Å². The number of halogens is 2. The molecule has 1 rings (SSSR count). The lowest BCUT2D eigenvalue weighted by Gasteiger charge is -2.20. The van der Waals surface area contributed by atoms with Crippen LogP contribution in [-0.4, -0.2) is 44.4 Å². The molecule has 8 heteroatoms. The molecule has 1 unspecified atom stereocenters. The van der Waals surface area contributed by atoms with Gasteiger partial charge in [-0.25, -0.2) is 4.79 Å². The van der Waals surface area contributed by atoms with Gasteiger partial charge in [0, 0.05) is 15.8 Å². The van der Waals surface area contributed by atoms with Gasteiger partial charge in [0.25, 0.3) is 0 Å². The van der Waals surface area contributed by atoms with Crippen molar-refractivity contribution in [1.29, 1.82) is 0 Å². The fourth-order valence-corrected chi connectivity index (χ4v) is 3.58. The molecule has 25 heavy (non-hydrogen) atoms. The number of carbonyl (C=O) groups is 2. The van der Waals surface area contributed by atoms with E-state index in [0.717, 1.165) is 24.8 Å². The van der Waals surface area contributed by atoms with E-state index in [9.17, 15) is 14.7 Å². The molecule has 1 aromatic carbocycles. The van der Waals surface area contributed by atoms with E-state index in [1.807, 2.05) is 18.2 Å². The third-order valence-corrected chi connectivity index (χ3v) is 5.17. The first-order chi connectivity index (χ1) is 11.7. The second kappa shape index (κ2) is 10.7. The maximum atomic E-state index is 11.0. The second-order valence-corrected chi connectivity index (χ2v) is 7.47. The van der Waals surface area contributed by atoms with Gasteiger partial charge < -0.3 is 15.3 Å². The summed E-state index contributed by atoms with van der Waals surface area (Å²) in [6.45, 7) is 0. The summed E-state index contributed by atoms with van der Waals surface area (Å²) >= 11 is 13.1. The van der Waals surface area contributed by atoms with Gasteiger partial charge in [-0.2, -0.15) is 11.8 Å². The van der Waals surface area contributed by atoms with Crippen molar-refractivity contribution < 1.29 is 24.9 Å². The van der Waals surface area contributed by atoms with Crippen molar-refractivity contribution in [3.63, 3.8) is 0 Å². The summed E-state index contributed by atoms with van der Waals surface area (Å²) < 4.78 is 0. The van der Waals surface area contributed by atoms with Gasteiger partial charge in [-0.1, -0.05) is 41.4 Å². The highest BCUT2D eigenvalue weighted by Gasteiger charge is 2.38. The third kappa shape index (κ3) is 8.14. The number of carboxylic acids is 2. The minimum atomic E-state index is -2.22. The summed E-state index contributed by atoms with van der Waals surface area (Å²) in [7, 11) is 0. The standard InChI is InChI=1S/C17H20Cl2O5S/c18-13-7-6-12(14(19)9-13)5-3-1-2-4-8-25-11-17(24,16(22)23)10-15(20)21/h3,5-7,9,24H,1-2,4,8,10-11H2,(H,20,21)(H,22,23)/b5-3-. The van der Waals surface area contributed by atoms with Gasteiger partial charge in [-0.05, 0) is 42.7 Å². The van der Waals surface area contributed by atoms with Crippen LogP contribution < -0.4 is 0 Å². The predicted molar refractivity (Wildman–Crippen MR) is 102 cm³/mol. The SMILES string of the molecule is O=C(O)CC(O)(CSCCCC/C=C\c1ccc(Cl)cc1Cl)C(=O)O. The van der Waals surface area contributed by atoms with Crippen LogP contribution in [-0.2, 0) is 9.59 Å². The number of thioether (sulfide) groups is 1. The minimum Gasteiger partial charge on any atom is -0.481 e. The van der Waals surface area contributed by atoms with Crippen molar-refractivity contribution in [2.75, 3.05) is 11.5 Å². The molecule has 0 aromatic heterocycles. The molecular formula is C17H20Cl2O5S. The fourth-order valence-electron chi connectivity index (χ4n) is 1.99. The van der Waals surface area contributed by atoms with Crippen molar-refractivity contribution in [3.05, 3.63) is 39.9 Å². The van der Waals surface area contributed by atoms with Crippen LogP contribution in [0.2, 0.25) is 10.0 Å². The van der Waals surface area contributed by atoms with E-state index in [0.29, 0.717) is 15.8 Å². The number of rotatable bonds is 11. The molecule has 0 aliphatic heterocycles. The highest BCUT2D eigenvalue weighted by molar-refractivity contribution is 7.99. The van der Waals surface area contributed by atoms with Crippen molar-refractivity contribution in [2.24, 2.45) is 0 Å². The molecule has 0 aliphatic rings. The third-order valence-electron chi connectivity index (χ3n) is 3.35. The zero-order chi connectivity index (χ0) is 18.9. The molecule has 0 fully saturated rings. The number of hydrogen-bond acceptors (Lipinski definition) is 4. The van der Waals surface area contributed by atoms with E-state index in [-0.39, 0.29) is 5.75 Å². The number of hydrogen-bond donors (Lipinski definition) is 3. The zero-order valence-corrected chi connectivity index (χ0v) is 15.8. The summed E-state index contributed by atoms with van der Waals surface area (Å²) in [6, 6.07) is 5.29. The van der Waals surface area contributed by atoms with Crippen LogP contribution >= 0.6 is 35.0 Å². The Morgan fingerprint density at radius 2 is 1.92 bits per heavy atom. The number of carboxylic acid groups (broad SMARTS) is 2. The molecule has 0 radical (unpaired) electrons. The van der Waals surface area contributed by atoms with Gasteiger partial charge in [0.15, 0.2) is 5.60 Å². The van der Waals surface area contributed by atoms with E-state index in [4.69, 9.17) is 33.4 Å². The lowest BCUT2D eigenvalue weighted by atomic mass is 10.0. The van der Waals surface area contributed by atoms with E-state index >= 15 is 0 Å². The van der Waals surface area contributed by atoms with Gasteiger partial charge in [-0.3, -0.25) is 4.79 Å². The average molecular weight is 407 g/mol. The van der Waals surface area contributed by atoms with Gasteiger partial charge in [0.1, 0.15) is 0 Å². The molecule has 5 nitrogen and oxygen atoms in total. The summed E-state index contributed by atoms with van der Waals surface area (Å²) in [6.07, 6.45) is 5.66. The lowest BCUT2D eigenvalue weighted by molar-refractivity contribution is -0.162. The van der Waals surface area contributed by atoms with Crippen molar-refractivity contribution in [1.82, 2.24) is 0 Å². The quantitative estimate of drug-likeness (QED) is 0.476. The molecule has 0 heterocycles. The van der Waals surface area contributed by atoms with Crippen LogP contribution in [0.15, 0.2) is 24.3 Å². The number of unbranched alkanes of at least 4 members (excludes halogenated alkanes) is 2. The van der Waals surface area contributed by atoms with Crippen LogP contribution in [0.3, 0.4) is 0 Å². The Kier molecular flexibility index (Phi) is 9.35. The Labute approximate surface area is 160 Å². The van der Waals surface area contributed by atoms with Crippen LogP contribution in [0.25, 0.3) is 6.08 Å².